The van der Waals surface area contributed by atoms with Crippen LogP contribution < -0.4 is 9.91 Å². The summed E-state index contributed by atoms with van der Waals surface area (Å²) in [4.78, 5) is 16.3. The van der Waals surface area contributed by atoms with E-state index in [1.165, 1.54) is 10.5 Å². The lowest BCUT2D eigenvalue weighted by Crippen LogP contribution is -3.09. The third-order valence-electron chi connectivity index (χ3n) is 6.13. The summed E-state index contributed by atoms with van der Waals surface area (Å²) in [5.74, 6) is -0.00758. The van der Waals surface area contributed by atoms with E-state index in [0.29, 0.717) is 24.0 Å². The number of carbonyl (C=O) groups excluding carboxylic acids is 1. The molecule has 2 aromatic carbocycles. The molecule has 0 saturated carbocycles. The number of ether oxygens (including phenoxy) is 1. The van der Waals surface area contributed by atoms with Crippen LogP contribution in [-0.4, -0.2) is 49.1 Å². The van der Waals surface area contributed by atoms with E-state index in [2.05, 4.69) is 43.1 Å². The Bertz CT molecular complexity index is 934. The van der Waals surface area contributed by atoms with Crippen LogP contribution in [-0.2, 0) is 9.53 Å². The molecule has 30 heavy (non-hydrogen) atoms. The van der Waals surface area contributed by atoms with Crippen molar-refractivity contribution >= 4 is 29.1 Å². The Hall–Kier alpha value is -2.57. The number of hydrazone groups is 1. The van der Waals surface area contributed by atoms with Crippen molar-refractivity contribution in [3.63, 3.8) is 0 Å². The van der Waals surface area contributed by atoms with Crippen LogP contribution >= 0.6 is 11.6 Å². The quantitative estimate of drug-likeness (QED) is 0.762. The van der Waals surface area contributed by atoms with Gasteiger partial charge in [0, 0.05) is 17.0 Å². The number of rotatable bonds is 4. The van der Waals surface area contributed by atoms with Gasteiger partial charge < -0.3 is 14.5 Å². The third kappa shape index (κ3) is 3.66. The molecule has 2 aromatic rings. The molecule has 158 valence electrons. The van der Waals surface area contributed by atoms with Crippen molar-refractivity contribution in [2.24, 2.45) is 5.10 Å². The molecule has 4 rings (SSSR count). The molecule has 3 unspecified atom stereocenters. The first-order valence-electron chi connectivity index (χ1n) is 10.4. The molecule has 6 nitrogen and oxygen atoms in total. The van der Waals surface area contributed by atoms with Gasteiger partial charge in [-0.15, -0.1) is 5.10 Å². The molecular weight excluding hydrogens is 400 g/mol. The van der Waals surface area contributed by atoms with Gasteiger partial charge >= 0.3 is 5.97 Å². The normalized spacial score (nSPS) is 26.1. The van der Waals surface area contributed by atoms with Crippen LogP contribution in [0.5, 0.6) is 0 Å². The first-order chi connectivity index (χ1) is 14.4. The minimum atomic E-state index is -0.506. The lowest BCUT2D eigenvalue weighted by atomic mass is 9.94. The largest absolute Gasteiger partial charge is 0.460 e. The number of quaternary nitrogens is 1. The monoisotopic (exact) mass is 427 g/mol. The molecule has 0 amide bonds. The average molecular weight is 428 g/mol. The molecule has 2 aliphatic heterocycles. The van der Waals surface area contributed by atoms with Crippen LogP contribution in [0.4, 0.5) is 5.69 Å². The predicted molar refractivity (Wildman–Crippen MR) is 119 cm³/mol. The topological polar surface area (TPSA) is 49.6 Å². The summed E-state index contributed by atoms with van der Waals surface area (Å²) >= 11 is 6.12. The van der Waals surface area contributed by atoms with Gasteiger partial charge in [-0.2, -0.15) is 0 Å². The molecule has 2 heterocycles. The number of likely N-dealkylation sites (N-methyl/N-ethyl adjacent to an activating group) is 1. The number of fused-ring (bicyclic) bond motifs is 1. The Kier molecular flexibility index (Phi) is 5.71. The Morgan fingerprint density at radius 3 is 2.60 bits per heavy atom. The number of hydrogen-bond acceptors (Lipinski definition) is 5. The zero-order valence-corrected chi connectivity index (χ0v) is 18.4. The van der Waals surface area contributed by atoms with Crippen molar-refractivity contribution in [3.05, 3.63) is 65.2 Å². The highest BCUT2D eigenvalue weighted by Gasteiger charge is 2.52. The van der Waals surface area contributed by atoms with Crippen LogP contribution in [0.1, 0.15) is 31.9 Å². The fraction of sp³-hybridized carbons (Fsp3) is 0.391. The molecule has 0 bridgehead atoms. The lowest BCUT2D eigenvalue weighted by molar-refractivity contribution is -0.910. The Labute approximate surface area is 182 Å². The highest BCUT2D eigenvalue weighted by atomic mass is 35.5. The number of halogens is 1. The maximum atomic E-state index is 12.8. The van der Waals surface area contributed by atoms with Gasteiger partial charge in [-0.05, 0) is 38.1 Å². The standard InChI is InChI=1S/C23H27ClN4O2/c1-4-30-22(29)21-25-28(19-12-10-18(24)11-13-19)23(2)16-20(17-8-6-5-7-9-17)26(3)14-15-27(21)23/h5-13,20H,4,14-16H2,1-3H3/p+1. The molecule has 0 radical (unpaired) electrons. The van der Waals surface area contributed by atoms with E-state index >= 15 is 0 Å². The molecule has 2 aliphatic rings. The molecule has 0 aromatic heterocycles. The molecule has 0 aliphatic carbocycles. The maximum absolute atomic E-state index is 12.8. The van der Waals surface area contributed by atoms with E-state index in [4.69, 9.17) is 21.4 Å². The van der Waals surface area contributed by atoms with Crippen LogP contribution in [0.3, 0.4) is 0 Å². The number of anilines is 1. The third-order valence-corrected chi connectivity index (χ3v) is 6.39. The molecule has 1 saturated heterocycles. The number of hydrogen-bond donors (Lipinski definition) is 1. The minimum absolute atomic E-state index is 0.271. The number of carbonyl (C=O) groups is 1. The van der Waals surface area contributed by atoms with E-state index in [9.17, 15) is 4.79 Å². The first kappa shape index (κ1) is 20.7. The molecular formula is C23H28ClN4O2+. The van der Waals surface area contributed by atoms with Crippen molar-refractivity contribution in [1.29, 1.82) is 0 Å². The zero-order valence-electron chi connectivity index (χ0n) is 17.6. The summed E-state index contributed by atoms with van der Waals surface area (Å²) in [6.45, 7) is 5.90. The van der Waals surface area contributed by atoms with Crippen LogP contribution in [0.15, 0.2) is 59.7 Å². The van der Waals surface area contributed by atoms with Gasteiger partial charge in [0.05, 0.1) is 32.4 Å². The summed E-state index contributed by atoms with van der Waals surface area (Å²) in [5.41, 5.74) is 1.69. The van der Waals surface area contributed by atoms with E-state index < -0.39 is 5.66 Å². The highest BCUT2D eigenvalue weighted by Crippen LogP contribution is 2.40. The highest BCUT2D eigenvalue weighted by molar-refractivity contribution is 6.36. The molecule has 3 atom stereocenters. The first-order valence-corrected chi connectivity index (χ1v) is 10.8. The molecule has 7 heteroatoms. The maximum Gasteiger partial charge on any atom is 0.376 e. The lowest BCUT2D eigenvalue weighted by Gasteiger charge is -2.40. The van der Waals surface area contributed by atoms with Crippen LogP contribution in [0.2, 0.25) is 5.02 Å². The van der Waals surface area contributed by atoms with Crippen LogP contribution in [0, 0.1) is 0 Å². The van der Waals surface area contributed by atoms with Gasteiger partial charge in [0.15, 0.2) is 0 Å². The molecule has 1 fully saturated rings. The second kappa shape index (κ2) is 8.28. The van der Waals surface area contributed by atoms with Gasteiger partial charge in [-0.1, -0.05) is 41.9 Å². The summed E-state index contributed by atoms with van der Waals surface area (Å²) < 4.78 is 5.34. The van der Waals surface area contributed by atoms with E-state index in [1.807, 2.05) is 42.3 Å². The summed E-state index contributed by atoms with van der Waals surface area (Å²) in [5, 5.41) is 7.40. The van der Waals surface area contributed by atoms with Crippen molar-refractivity contribution in [1.82, 2.24) is 4.90 Å². The van der Waals surface area contributed by atoms with Gasteiger partial charge in [0.2, 0.25) is 5.84 Å². The summed E-state index contributed by atoms with van der Waals surface area (Å²) in [7, 11) is 2.22. The van der Waals surface area contributed by atoms with Crippen molar-refractivity contribution < 1.29 is 14.4 Å². The van der Waals surface area contributed by atoms with Gasteiger partial charge in [-0.25, -0.2) is 9.80 Å². The molecule has 1 N–H and O–H groups in total. The SMILES string of the molecule is CCOC(=O)C1=NN(c2ccc(Cl)cc2)C2(C)CC(c3ccccc3)[NH+](C)CCN12. The van der Waals surface area contributed by atoms with E-state index in [1.54, 1.807) is 0 Å². The predicted octanol–water partition coefficient (Wildman–Crippen LogP) is 2.71. The number of amidine groups is 1. The summed E-state index contributed by atoms with van der Waals surface area (Å²) in [6.07, 6.45) is 0.803. The average Bonchev–Trinajstić information content (AvgIpc) is 2.96. The van der Waals surface area contributed by atoms with Crippen molar-refractivity contribution in [2.45, 2.75) is 32.0 Å². The fourth-order valence-electron chi connectivity index (χ4n) is 4.52. The number of esters is 1. The number of benzene rings is 2. The number of nitrogens with zero attached hydrogens (tertiary/aromatic N) is 3. The molecule has 0 spiro atoms. The van der Waals surface area contributed by atoms with Crippen molar-refractivity contribution in [2.75, 3.05) is 31.8 Å². The van der Waals surface area contributed by atoms with Gasteiger partial charge in [0.25, 0.3) is 0 Å². The van der Waals surface area contributed by atoms with E-state index in [-0.39, 0.29) is 12.0 Å². The Morgan fingerprint density at radius 1 is 1.23 bits per heavy atom. The second-order valence-corrected chi connectivity index (χ2v) is 8.50. The zero-order chi connectivity index (χ0) is 21.3. The minimum Gasteiger partial charge on any atom is -0.460 e. The van der Waals surface area contributed by atoms with Gasteiger partial charge in [-0.3, -0.25) is 0 Å². The fourth-order valence-corrected chi connectivity index (χ4v) is 4.64. The number of nitrogens with one attached hydrogen (secondary N) is 1. The van der Waals surface area contributed by atoms with Crippen LogP contribution in [0.25, 0.3) is 0 Å². The smallest absolute Gasteiger partial charge is 0.376 e. The van der Waals surface area contributed by atoms with E-state index in [0.717, 1.165) is 18.7 Å². The second-order valence-electron chi connectivity index (χ2n) is 8.06. The van der Waals surface area contributed by atoms with Crippen molar-refractivity contribution in [3.8, 4) is 0 Å². The van der Waals surface area contributed by atoms with Gasteiger partial charge in [0.1, 0.15) is 11.7 Å². The Morgan fingerprint density at radius 2 is 1.93 bits per heavy atom. The Balaban J connectivity index is 1.78. The summed E-state index contributed by atoms with van der Waals surface area (Å²) in [6, 6.07) is 18.4.